The van der Waals surface area contributed by atoms with Crippen LogP contribution in [0.1, 0.15) is 36.4 Å². The van der Waals surface area contributed by atoms with Crippen molar-refractivity contribution in [2.24, 2.45) is 0 Å². The van der Waals surface area contributed by atoms with Crippen LogP contribution in [0.3, 0.4) is 0 Å². The van der Waals surface area contributed by atoms with E-state index in [9.17, 15) is 13.2 Å². The molecule has 1 aliphatic rings. The molecular formula is C16H25N3O3S. The highest BCUT2D eigenvalue weighted by atomic mass is 32.2. The summed E-state index contributed by atoms with van der Waals surface area (Å²) in [7, 11) is -1.93. The number of nitrogens with one attached hydrogen (secondary N) is 2. The number of aryl methyl sites for hydroxylation is 1. The van der Waals surface area contributed by atoms with Gasteiger partial charge in [-0.1, -0.05) is 29.8 Å². The van der Waals surface area contributed by atoms with Crippen molar-refractivity contribution in [2.75, 3.05) is 25.9 Å². The van der Waals surface area contributed by atoms with E-state index in [1.165, 1.54) is 12.6 Å². The molecule has 0 saturated carbocycles. The summed E-state index contributed by atoms with van der Waals surface area (Å²) < 4.78 is 25.0. The fourth-order valence-electron chi connectivity index (χ4n) is 2.81. The molecule has 2 amide bonds. The van der Waals surface area contributed by atoms with Crippen molar-refractivity contribution in [3.8, 4) is 0 Å². The molecule has 23 heavy (non-hydrogen) atoms. The van der Waals surface area contributed by atoms with Gasteiger partial charge in [-0.3, -0.25) is 0 Å². The van der Waals surface area contributed by atoms with Gasteiger partial charge in [-0.05, 0) is 38.8 Å². The highest BCUT2D eigenvalue weighted by Gasteiger charge is 2.27. The van der Waals surface area contributed by atoms with Gasteiger partial charge in [0.05, 0.1) is 11.8 Å². The van der Waals surface area contributed by atoms with Crippen LogP contribution in [0.5, 0.6) is 0 Å². The summed E-state index contributed by atoms with van der Waals surface area (Å²) in [4.78, 5) is 14.2. The Labute approximate surface area is 138 Å². The Bertz CT molecular complexity index is 628. The van der Waals surface area contributed by atoms with Crippen molar-refractivity contribution in [3.63, 3.8) is 0 Å². The number of carbonyl (C=O) groups is 1. The number of hydrogen-bond donors (Lipinski definition) is 2. The molecule has 0 aliphatic carbocycles. The van der Waals surface area contributed by atoms with Crippen LogP contribution in [0.25, 0.3) is 0 Å². The van der Waals surface area contributed by atoms with Crippen molar-refractivity contribution in [1.29, 1.82) is 0 Å². The fourth-order valence-corrected chi connectivity index (χ4v) is 3.38. The summed E-state index contributed by atoms with van der Waals surface area (Å²) in [6.45, 7) is 2.85. The predicted molar refractivity (Wildman–Crippen MR) is 90.7 cm³/mol. The maximum Gasteiger partial charge on any atom is 0.317 e. The van der Waals surface area contributed by atoms with Gasteiger partial charge in [0.1, 0.15) is 0 Å². The van der Waals surface area contributed by atoms with Crippen LogP contribution in [0.15, 0.2) is 24.3 Å². The molecule has 7 heteroatoms. The van der Waals surface area contributed by atoms with Gasteiger partial charge < -0.3 is 10.2 Å². The zero-order valence-corrected chi connectivity index (χ0v) is 14.5. The van der Waals surface area contributed by atoms with Crippen LogP contribution >= 0.6 is 0 Å². The van der Waals surface area contributed by atoms with Gasteiger partial charge in [0.15, 0.2) is 0 Å². The fraction of sp³-hybridized carbons (Fsp3) is 0.562. The summed E-state index contributed by atoms with van der Waals surface area (Å²) in [5, 5.41) is 2.72. The molecule has 128 valence electrons. The number of sulfonamides is 1. The highest BCUT2D eigenvalue weighted by molar-refractivity contribution is 7.89. The van der Waals surface area contributed by atoms with Crippen LogP contribution in [-0.4, -0.2) is 45.2 Å². The second kappa shape index (κ2) is 7.79. The maximum atomic E-state index is 12.4. The first kappa shape index (κ1) is 17.7. The highest BCUT2D eigenvalue weighted by Crippen LogP contribution is 2.30. The summed E-state index contributed by atoms with van der Waals surface area (Å²) in [6.07, 6.45) is 3.01. The minimum atomic E-state index is -3.30. The lowest BCUT2D eigenvalue weighted by Crippen LogP contribution is -2.46. The van der Waals surface area contributed by atoms with Crippen molar-refractivity contribution < 1.29 is 13.2 Å². The van der Waals surface area contributed by atoms with E-state index in [1.54, 1.807) is 0 Å². The largest absolute Gasteiger partial charge is 0.337 e. The van der Waals surface area contributed by atoms with Crippen LogP contribution in [0, 0.1) is 6.92 Å². The maximum absolute atomic E-state index is 12.4. The molecule has 6 nitrogen and oxygen atoms in total. The van der Waals surface area contributed by atoms with Crippen LogP contribution in [0.4, 0.5) is 4.79 Å². The number of urea groups is 1. The van der Waals surface area contributed by atoms with E-state index in [1.807, 2.05) is 11.8 Å². The van der Waals surface area contributed by atoms with E-state index < -0.39 is 10.0 Å². The van der Waals surface area contributed by atoms with Gasteiger partial charge in [-0.25, -0.2) is 17.9 Å². The molecule has 2 rings (SSSR count). The number of hydrogen-bond acceptors (Lipinski definition) is 3. The Hall–Kier alpha value is -1.60. The molecular weight excluding hydrogens is 314 g/mol. The number of piperidine rings is 1. The number of nitrogens with zero attached hydrogens (tertiary/aromatic N) is 1. The first-order valence-electron chi connectivity index (χ1n) is 7.95. The zero-order valence-electron chi connectivity index (χ0n) is 13.7. The molecule has 1 aromatic rings. The lowest BCUT2D eigenvalue weighted by molar-refractivity contribution is 0.152. The molecule has 1 fully saturated rings. The Morgan fingerprint density at radius 1 is 1.26 bits per heavy atom. The van der Waals surface area contributed by atoms with Crippen molar-refractivity contribution >= 4 is 16.1 Å². The van der Waals surface area contributed by atoms with Crippen molar-refractivity contribution in [1.82, 2.24) is 14.9 Å². The van der Waals surface area contributed by atoms with E-state index in [2.05, 4.69) is 34.3 Å². The van der Waals surface area contributed by atoms with Gasteiger partial charge in [0.25, 0.3) is 0 Å². The second-order valence-electron chi connectivity index (χ2n) is 5.87. The molecule has 1 saturated heterocycles. The number of benzene rings is 1. The molecule has 0 radical (unpaired) electrons. The molecule has 0 aromatic heterocycles. The van der Waals surface area contributed by atoms with E-state index in [-0.39, 0.29) is 24.4 Å². The quantitative estimate of drug-likeness (QED) is 0.858. The average molecular weight is 339 g/mol. The van der Waals surface area contributed by atoms with Crippen LogP contribution in [0.2, 0.25) is 0 Å². The topological polar surface area (TPSA) is 78.5 Å². The molecule has 0 bridgehead atoms. The van der Waals surface area contributed by atoms with E-state index in [0.29, 0.717) is 6.54 Å². The van der Waals surface area contributed by atoms with E-state index in [4.69, 9.17) is 0 Å². The molecule has 0 spiro atoms. The molecule has 0 unspecified atom stereocenters. The SMILES string of the molecule is CNS(=O)(=O)CCNC(=O)N1CCCC[C@@H]1c1ccc(C)cc1. The first-order chi connectivity index (χ1) is 10.9. The summed E-state index contributed by atoms with van der Waals surface area (Å²) in [6, 6.07) is 8.11. The summed E-state index contributed by atoms with van der Waals surface area (Å²) in [5.41, 5.74) is 2.33. The smallest absolute Gasteiger partial charge is 0.317 e. The van der Waals surface area contributed by atoms with Gasteiger partial charge in [0, 0.05) is 13.1 Å². The Morgan fingerprint density at radius 3 is 2.61 bits per heavy atom. The summed E-state index contributed by atoms with van der Waals surface area (Å²) >= 11 is 0. The first-order valence-corrected chi connectivity index (χ1v) is 9.60. The molecule has 1 aliphatic heterocycles. The lowest BCUT2D eigenvalue weighted by Gasteiger charge is -2.36. The normalized spacial score (nSPS) is 18.7. The zero-order chi connectivity index (χ0) is 16.9. The molecule has 2 N–H and O–H groups in total. The van der Waals surface area contributed by atoms with Crippen LogP contribution < -0.4 is 10.0 Å². The Kier molecular flexibility index (Phi) is 6.01. The van der Waals surface area contributed by atoms with Gasteiger partial charge in [0.2, 0.25) is 10.0 Å². The molecule has 1 atom stereocenters. The van der Waals surface area contributed by atoms with Crippen LogP contribution in [-0.2, 0) is 10.0 Å². The monoisotopic (exact) mass is 339 g/mol. The van der Waals surface area contributed by atoms with Gasteiger partial charge in [-0.2, -0.15) is 0 Å². The minimum absolute atomic E-state index is 0.0604. The van der Waals surface area contributed by atoms with E-state index >= 15 is 0 Å². The average Bonchev–Trinajstić information content (AvgIpc) is 2.55. The number of likely N-dealkylation sites (tertiary alicyclic amines) is 1. The van der Waals surface area contributed by atoms with Gasteiger partial charge >= 0.3 is 6.03 Å². The lowest BCUT2D eigenvalue weighted by atomic mass is 9.95. The summed E-state index contributed by atoms with van der Waals surface area (Å²) in [5.74, 6) is -0.113. The molecule has 1 heterocycles. The number of amides is 2. The Balaban J connectivity index is 2.00. The third-order valence-corrected chi connectivity index (χ3v) is 5.55. The van der Waals surface area contributed by atoms with Crippen molar-refractivity contribution in [3.05, 3.63) is 35.4 Å². The second-order valence-corrected chi connectivity index (χ2v) is 7.92. The minimum Gasteiger partial charge on any atom is -0.337 e. The Morgan fingerprint density at radius 2 is 1.96 bits per heavy atom. The number of rotatable bonds is 5. The van der Waals surface area contributed by atoms with Gasteiger partial charge in [-0.15, -0.1) is 0 Å². The van der Waals surface area contributed by atoms with E-state index in [0.717, 1.165) is 24.8 Å². The third-order valence-electron chi connectivity index (χ3n) is 4.18. The standard InChI is InChI=1S/C16H25N3O3S/c1-13-6-8-14(9-7-13)15-5-3-4-11-19(15)16(20)18-10-12-23(21,22)17-2/h6-9,15,17H,3-5,10-12H2,1-2H3,(H,18,20)/t15-/m1/s1. The van der Waals surface area contributed by atoms with Crippen molar-refractivity contribution in [2.45, 2.75) is 32.2 Å². The number of carbonyl (C=O) groups excluding carboxylic acids is 1. The third kappa shape index (κ3) is 4.94. The predicted octanol–water partition coefficient (Wildman–Crippen LogP) is 1.78. The molecule has 1 aromatic carbocycles.